The molecule has 0 radical (unpaired) electrons. The molecule has 0 aliphatic carbocycles. The van der Waals surface area contributed by atoms with Crippen LogP contribution in [0.3, 0.4) is 0 Å². The molecule has 0 heterocycles. The van der Waals surface area contributed by atoms with Crippen molar-refractivity contribution in [1.82, 2.24) is 10.6 Å². The second kappa shape index (κ2) is 17.0. The highest BCUT2D eigenvalue weighted by Gasteiger charge is 2.30. The second-order valence-electron chi connectivity index (χ2n) is 12.9. The van der Waals surface area contributed by atoms with Gasteiger partial charge in [0.15, 0.2) is 0 Å². The van der Waals surface area contributed by atoms with Crippen molar-refractivity contribution in [2.24, 2.45) is 5.92 Å². The van der Waals surface area contributed by atoms with Crippen LogP contribution < -0.4 is 25.4 Å². The first-order valence-corrected chi connectivity index (χ1v) is 16.1. The van der Waals surface area contributed by atoms with Crippen LogP contribution in [-0.4, -0.2) is 35.6 Å². The van der Waals surface area contributed by atoms with Crippen LogP contribution in [0.15, 0.2) is 109 Å². The van der Waals surface area contributed by atoms with Gasteiger partial charge in [0.25, 0.3) is 0 Å². The number of para-hydroxylation sites is 1. The number of amides is 3. The third-order valence-corrected chi connectivity index (χ3v) is 7.04. The number of ether oxygens (including phenoxy) is 3. The Morgan fingerprint density at radius 1 is 0.667 bits per heavy atom. The van der Waals surface area contributed by atoms with Crippen molar-refractivity contribution < 1.29 is 28.6 Å². The predicted octanol–water partition coefficient (Wildman–Crippen LogP) is 7.66. The molecular weight excluding hydrogens is 606 g/mol. The number of hydrogen-bond donors (Lipinski definition) is 3. The summed E-state index contributed by atoms with van der Waals surface area (Å²) < 4.78 is 17.4. The summed E-state index contributed by atoms with van der Waals surface area (Å²) in [5.74, 6) is 1.04. The first-order valence-electron chi connectivity index (χ1n) is 16.1. The molecular formula is C39H45N3O6. The van der Waals surface area contributed by atoms with E-state index in [2.05, 4.69) is 16.0 Å². The van der Waals surface area contributed by atoms with E-state index in [1.54, 1.807) is 45.0 Å². The normalized spacial score (nSPS) is 12.4. The van der Waals surface area contributed by atoms with Gasteiger partial charge in [0.2, 0.25) is 5.91 Å². The highest BCUT2D eigenvalue weighted by Crippen LogP contribution is 2.23. The molecule has 0 bridgehead atoms. The Bertz CT molecular complexity index is 1600. The van der Waals surface area contributed by atoms with Gasteiger partial charge in [-0.05, 0) is 92.8 Å². The molecule has 4 aromatic carbocycles. The van der Waals surface area contributed by atoms with Crippen LogP contribution in [-0.2, 0) is 27.4 Å². The predicted molar refractivity (Wildman–Crippen MR) is 187 cm³/mol. The van der Waals surface area contributed by atoms with E-state index in [0.717, 1.165) is 11.1 Å². The molecule has 4 aromatic rings. The number of nitrogens with one attached hydrogen (secondary N) is 3. The SMILES string of the molecule is CC(C)CC(NC(=O)Nc1ccc(Oc2ccccc2)cc1)C(=O)NC(Cc1ccc(OCc2ccccc2)cc1)C(=O)OC(C)(C)C. The smallest absolute Gasteiger partial charge is 0.329 e. The molecule has 0 saturated carbocycles. The van der Waals surface area contributed by atoms with Crippen molar-refractivity contribution in [3.05, 3.63) is 120 Å². The van der Waals surface area contributed by atoms with Gasteiger partial charge in [-0.15, -0.1) is 0 Å². The molecule has 0 aliphatic rings. The van der Waals surface area contributed by atoms with Crippen LogP contribution in [0.4, 0.5) is 10.5 Å². The van der Waals surface area contributed by atoms with E-state index in [4.69, 9.17) is 14.2 Å². The van der Waals surface area contributed by atoms with Gasteiger partial charge in [-0.25, -0.2) is 9.59 Å². The van der Waals surface area contributed by atoms with E-state index < -0.39 is 35.6 Å². The minimum Gasteiger partial charge on any atom is -0.489 e. The molecule has 0 fully saturated rings. The average Bonchev–Trinajstić information content (AvgIpc) is 3.04. The van der Waals surface area contributed by atoms with Gasteiger partial charge in [-0.2, -0.15) is 0 Å². The Kier molecular flexibility index (Phi) is 12.6. The van der Waals surface area contributed by atoms with Gasteiger partial charge >= 0.3 is 12.0 Å². The lowest BCUT2D eigenvalue weighted by Gasteiger charge is -2.27. The van der Waals surface area contributed by atoms with E-state index in [1.807, 2.05) is 98.8 Å². The monoisotopic (exact) mass is 651 g/mol. The largest absolute Gasteiger partial charge is 0.489 e. The standard InChI is InChI=1S/C39H45N3O6/c1-27(2)24-34(42-38(45)40-30-18-22-33(23-19-30)47-32-14-10-7-11-15-32)36(43)41-35(37(44)48-39(3,4)5)25-28-16-20-31(21-17-28)46-26-29-12-8-6-9-13-29/h6-23,27,34-35H,24-26H2,1-5H3,(H,41,43)(H2,40,42,45). The van der Waals surface area contributed by atoms with E-state index >= 15 is 0 Å². The molecule has 9 heteroatoms. The third-order valence-electron chi connectivity index (χ3n) is 7.04. The Hall–Kier alpha value is -5.31. The van der Waals surface area contributed by atoms with Crippen LogP contribution in [0.25, 0.3) is 0 Å². The number of carbonyl (C=O) groups is 3. The van der Waals surface area contributed by atoms with Crippen molar-refractivity contribution in [3.63, 3.8) is 0 Å². The first-order chi connectivity index (χ1) is 22.9. The zero-order chi connectivity index (χ0) is 34.5. The van der Waals surface area contributed by atoms with Crippen LogP contribution in [0.5, 0.6) is 17.2 Å². The first kappa shape index (κ1) is 35.5. The summed E-state index contributed by atoms with van der Waals surface area (Å²) in [5.41, 5.74) is 1.63. The van der Waals surface area contributed by atoms with Gasteiger partial charge in [-0.3, -0.25) is 4.79 Å². The van der Waals surface area contributed by atoms with Crippen molar-refractivity contribution in [3.8, 4) is 17.2 Å². The summed E-state index contributed by atoms with van der Waals surface area (Å²) in [7, 11) is 0. The molecule has 0 spiro atoms. The van der Waals surface area contributed by atoms with Crippen molar-refractivity contribution in [2.75, 3.05) is 5.32 Å². The quantitative estimate of drug-likeness (QED) is 0.121. The van der Waals surface area contributed by atoms with Crippen LogP contribution in [0, 0.1) is 5.92 Å². The number of urea groups is 1. The minimum absolute atomic E-state index is 0.0823. The zero-order valence-electron chi connectivity index (χ0n) is 28.2. The summed E-state index contributed by atoms with van der Waals surface area (Å²) in [4.78, 5) is 40.0. The highest BCUT2D eigenvalue weighted by atomic mass is 16.6. The van der Waals surface area contributed by atoms with Crippen molar-refractivity contribution >= 4 is 23.6 Å². The molecule has 252 valence electrons. The molecule has 0 aliphatic heterocycles. The Labute approximate surface area is 283 Å². The number of anilines is 1. The summed E-state index contributed by atoms with van der Waals surface area (Å²) in [5, 5.41) is 8.41. The summed E-state index contributed by atoms with van der Waals surface area (Å²) in [6.07, 6.45) is 0.551. The molecule has 3 amide bonds. The second-order valence-corrected chi connectivity index (χ2v) is 12.9. The lowest BCUT2D eigenvalue weighted by atomic mass is 10.0. The fourth-order valence-corrected chi connectivity index (χ4v) is 4.80. The van der Waals surface area contributed by atoms with Crippen LogP contribution in [0.1, 0.15) is 52.2 Å². The molecule has 3 N–H and O–H groups in total. The summed E-state index contributed by atoms with van der Waals surface area (Å²) in [6.45, 7) is 9.67. The lowest BCUT2D eigenvalue weighted by Crippen LogP contribution is -2.54. The van der Waals surface area contributed by atoms with Gasteiger partial charge in [0.1, 0.15) is 41.5 Å². The molecule has 9 nitrogen and oxygen atoms in total. The molecule has 4 rings (SSSR count). The van der Waals surface area contributed by atoms with Gasteiger partial charge in [0.05, 0.1) is 0 Å². The zero-order valence-corrected chi connectivity index (χ0v) is 28.2. The number of carbonyl (C=O) groups excluding carboxylic acids is 3. The van der Waals surface area contributed by atoms with E-state index in [1.165, 1.54) is 0 Å². The number of benzene rings is 4. The molecule has 0 aromatic heterocycles. The van der Waals surface area contributed by atoms with Gasteiger partial charge < -0.3 is 30.2 Å². The fourth-order valence-electron chi connectivity index (χ4n) is 4.80. The minimum atomic E-state index is -0.982. The Morgan fingerprint density at radius 2 is 1.25 bits per heavy atom. The summed E-state index contributed by atoms with van der Waals surface area (Å²) in [6, 6.07) is 31.1. The number of hydrogen-bond acceptors (Lipinski definition) is 6. The molecule has 2 unspecified atom stereocenters. The van der Waals surface area contributed by atoms with E-state index in [0.29, 0.717) is 36.0 Å². The maximum atomic E-state index is 13.6. The molecule has 48 heavy (non-hydrogen) atoms. The third kappa shape index (κ3) is 12.1. The van der Waals surface area contributed by atoms with Crippen molar-refractivity contribution in [1.29, 1.82) is 0 Å². The lowest BCUT2D eigenvalue weighted by molar-refractivity contribution is -0.158. The maximum absolute atomic E-state index is 13.6. The topological polar surface area (TPSA) is 115 Å². The van der Waals surface area contributed by atoms with Gasteiger partial charge in [-0.1, -0.05) is 74.5 Å². The summed E-state index contributed by atoms with van der Waals surface area (Å²) >= 11 is 0. The molecule has 0 saturated heterocycles. The average molecular weight is 652 g/mol. The van der Waals surface area contributed by atoms with Crippen LogP contribution in [0.2, 0.25) is 0 Å². The van der Waals surface area contributed by atoms with E-state index in [9.17, 15) is 14.4 Å². The van der Waals surface area contributed by atoms with E-state index in [-0.39, 0.29) is 12.3 Å². The fraction of sp³-hybridized carbons (Fsp3) is 0.308. The Balaban J connectivity index is 1.39. The van der Waals surface area contributed by atoms with Crippen LogP contribution >= 0.6 is 0 Å². The highest BCUT2D eigenvalue weighted by molar-refractivity contribution is 5.95. The maximum Gasteiger partial charge on any atom is 0.329 e. The van der Waals surface area contributed by atoms with Gasteiger partial charge in [0, 0.05) is 12.1 Å². The van der Waals surface area contributed by atoms with Crippen molar-refractivity contribution in [2.45, 2.75) is 71.8 Å². The Morgan fingerprint density at radius 3 is 1.85 bits per heavy atom. The number of esters is 1. The number of rotatable bonds is 14. The molecule has 2 atom stereocenters.